The molecule has 0 aromatic heterocycles. The maximum atomic E-state index is 10.5. The van der Waals surface area contributed by atoms with Gasteiger partial charge in [-0.25, -0.2) is 4.79 Å². The van der Waals surface area contributed by atoms with Gasteiger partial charge in [-0.3, -0.25) is 4.79 Å². The molecule has 0 spiro atoms. The molecule has 0 bridgehead atoms. The molecule has 0 saturated heterocycles. The summed E-state index contributed by atoms with van der Waals surface area (Å²) < 4.78 is 0. The predicted molar refractivity (Wildman–Crippen MR) is 38.4 cm³/mol. The van der Waals surface area contributed by atoms with Crippen LogP contribution in [0.15, 0.2) is 0 Å². The van der Waals surface area contributed by atoms with Gasteiger partial charge in [-0.15, -0.1) is 0 Å². The maximum Gasteiger partial charge on any atom is 0.333 e. The number of hydrogen-bond donors (Lipinski definition) is 2. The Morgan fingerprint density at radius 2 is 2.20 bits per heavy atom. The van der Waals surface area contributed by atoms with Crippen LogP contribution in [-0.2, 0) is 14.4 Å². The number of amides is 1. The number of rotatable bonds is 2. The maximum absolute atomic E-state index is 10.5. The number of carbonyl (C=O) groups excluding carboxylic acids is 2. The molecule has 4 nitrogen and oxygen atoms in total. The molecule has 0 heterocycles. The van der Waals surface area contributed by atoms with Crippen LogP contribution in [0, 0.1) is 0 Å². The second-order valence-electron chi connectivity index (χ2n) is 1.61. The summed E-state index contributed by atoms with van der Waals surface area (Å²) in [5.74, 6) is -0.462. The van der Waals surface area contributed by atoms with Crippen molar-refractivity contribution in [3.63, 3.8) is 0 Å². The normalized spacial score (nSPS) is 8.60. The molecule has 0 aliphatic carbocycles. The van der Waals surface area contributed by atoms with Gasteiger partial charge in [0.1, 0.15) is 0 Å². The quantitative estimate of drug-likeness (QED) is 0.441. The first-order chi connectivity index (χ1) is 4.66. The molecule has 0 aromatic carbocycles. The Morgan fingerprint density at radius 3 is 2.60 bits per heavy atom. The number of thiol groups is 1. The van der Waals surface area contributed by atoms with E-state index in [1.54, 1.807) is 0 Å². The van der Waals surface area contributed by atoms with E-state index in [4.69, 9.17) is 0 Å². The van der Waals surface area contributed by atoms with Crippen molar-refractivity contribution < 1.29 is 14.4 Å². The van der Waals surface area contributed by atoms with E-state index in [2.05, 4.69) is 17.5 Å². The fourth-order valence-corrected chi connectivity index (χ4v) is 0.454. The topological polar surface area (TPSA) is 55.4 Å². The minimum atomic E-state index is -0.481. The Labute approximate surface area is 64.3 Å². The summed E-state index contributed by atoms with van der Waals surface area (Å²) in [6.07, 6.45) is 0.198. The monoisotopic (exact) mass is 163 g/mol. The van der Waals surface area contributed by atoms with Gasteiger partial charge >= 0.3 is 5.97 Å². The Kier molecular flexibility index (Phi) is 4.74. The third kappa shape index (κ3) is 5.43. The minimum Gasteiger partial charge on any atom is -0.341 e. The third-order valence-electron chi connectivity index (χ3n) is 0.625. The molecule has 0 aromatic rings. The first-order valence-electron chi connectivity index (χ1n) is 2.74. The zero-order chi connectivity index (χ0) is 7.98. The SMILES string of the molecule is CC(=O)NOC(=O)CCS. The molecular weight excluding hydrogens is 154 g/mol. The van der Waals surface area contributed by atoms with Crippen LogP contribution < -0.4 is 5.48 Å². The number of carbonyl (C=O) groups is 2. The van der Waals surface area contributed by atoms with Crippen LogP contribution >= 0.6 is 12.6 Å². The zero-order valence-corrected chi connectivity index (χ0v) is 6.48. The third-order valence-corrected chi connectivity index (χ3v) is 0.848. The van der Waals surface area contributed by atoms with Gasteiger partial charge < -0.3 is 4.84 Å². The van der Waals surface area contributed by atoms with Gasteiger partial charge in [0.15, 0.2) is 0 Å². The lowest BCUT2D eigenvalue weighted by Crippen LogP contribution is -2.24. The second kappa shape index (κ2) is 5.10. The Bertz CT molecular complexity index is 137. The number of hydroxylamine groups is 1. The molecule has 0 atom stereocenters. The highest BCUT2D eigenvalue weighted by molar-refractivity contribution is 7.80. The largest absolute Gasteiger partial charge is 0.341 e. The van der Waals surface area contributed by atoms with Gasteiger partial charge in [0.25, 0.3) is 0 Å². The molecule has 0 saturated carbocycles. The molecule has 0 aliphatic rings. The van der Waals surface area contributed by atoms with E-state index in [9.17, 15) is 9.59 Å². The smallest absolute Gasteiger partial charge is 0.333 e. The summed E-state index contributed by atoms with van der Waals surface area (Å²) in [4.78, 5) is 24.9. The first kappa shape index (κ1) is 9.29. The fraction of sp³-hybridized carbons (Fsp3) is 0.600. The highest BCUT2D eigenvalue weighted by Crippen LogP contribution is 1.85. The van der Waals surface area contributed by atoms with Crippen LogP contribution in [0.25, 0.3) is 0 Å². The minimum absolute atomic E-state index is 0.198. The predicted octanol–water partition coefficient (Wildman–Crippen LogP) is -0.0994. The average Bonchev–Trinajstić information content (AvgIpc) is 1.85. The van der Waals surface area contributed by atoms with E-state index in [0.717, 1.165) is 0 Å². The molecule has 5 heteroatoms. The highest BCUT2D eigenvalue weighted by atomic mass is 32.1. The van der Waals surface area contributed by atoms with Crippen molar-refractivity contribution >= 4 is 24.5 Å². The molecule has 58 valence electrons. The van der Waals surface area contributed by atoms with Crippen LogP contribution in [0.2, 0.25) is 0 Å². The van der Waals surface area contributed by atoms with Crippen LogP contribution in [0.4, 0.5) is 0 Å². The fourth-order valence-electron chi connectivity index (χ4n) is 0.271. The lowest BCUT2D eigenvalue weighted by molar-refractivity contribution is -0.157. The van der Waals surface area contributed by atoms with E-state index < -0.39 is 11.9 Å². The van der Waals surface area contributed by atoms with Crippen LogP contribution in [0.5, 0.6) is 0 Å². The van der Waals surface area contributed by atoms with E-state index in [1.165, 1.54) is 6.92 Å². The molecule has 0 fully saturated rings. The van der Waals surface area contributed by atoms with Crippen molar-refractivity contribution in [2.45, 2.75) is 13.3 Å². The van der Waals surface area contributed by atoms with Gasteiger partial charge in [0.2, 0.25) is 5.91 Å². The molecule has 1 N–H and O–H groups in total. The van der Waals surface area contributed by atoms with Gasteiger partial charge in [-0.2, -0.15) is 18.1 Å². The Morgan fingerprint density at radius 1 is 1.60 bits per heavy atom. The standard InChI is InChI=1S/C5H9NO3S/c1-4(7)6-9-5(8)2-3-10/h10H,2-3H2,1H3,(H,6,7). The molecule has 0 radical (unpaired) electrons. The number of nitrogens with one attached hydrogen (secondary N) is 1. The van der Waals surface area contributed by atoms with Gasteiger partial charge in [0, 0.05) is 12.7 Å². The van der Waals surface area contributed by atoms with Crippen LogP contribution in [0.1, 0.15) is 13.3 Å². The molecule has 0 aliphatic heterocycles. The first-order valence-corrected chi connectivity index (χ1v) is 3.37. The summed E-state index contributed by atoms with van der Waals surface area (Å²) in [5, 5.41) is 0. The number of hydrogen-bond acceptors (Lipinski definition) is 4. The van der Waals surface area contributed by atoms with Crippen molar-refractivity contribution in [2.75, 3.05) is 5.75 Å². The highest BCUT2D eigenvalue weighted by Gasteiger charge is 2.00. The van der Waals surface area contributed by atoms with Crippen LogP contribution in [-0.4, -0.2) is 17.6 Å². The molecule has 10 heavy (non-hydrogen) atoms. The van der Waals surface area contributed by atoms with Gasteiger partial charge in [-0.1, -0.05) is 0 Å². The lowest BCUT2D eigenvalue weighted by atomic mass is 10.5. The van der Waals surface area contributed by atoms with Crippen molar-refractivity contribution in [1.29, 1.82) is 0 Å². The lowest BCUT2D eigenvalue weighted by Gasteiger charge is -1.99. The molecule has 1 amide bonds. The molecular formula is C5H9NO3S. The summed E-state index contributed by atoms with van der Waals surface area (Å²) in [5.41, 5.74) is 1.91. The van der Waals surface area contributed by atoms with Crippen LogP contribution in [0.3, 0.4) is 0 Å². The van der Waals surface area contributed by atoms with Crippen molar-refractivity contribution in [1.82, 2.24) is 5.48 Å². The summed E-state index contributed by atoms with van der Waals surface area (Å²) in [6, 6.07) is 0. The Balaban J connectivity index is 3.30. The van der Waals surface area contributed by atoms with Gasteiger partial charge in [-0.05, 0) is 0 Å². The molecule has 0 rings (SSSR count). The van der Waals surface area contributed by atoms with E-state index in [1.807, 2.05) is 5.48 Å². The average molecular weight is 163 g/mol. The van der Waals surface area contributed by atoms with E-state index >= 15 is 0 Å². The molecule has 0 unspecified atom stereocenters. The second-order valence-corrected chi connectivity index (χ2v) is 2.05. The van der Waals surface area contributed by atoms with Crippen molar-refractivity contribution in [2.24, 2.45) is 0 Å². The van der Waals surface area contributed by atoms with Crippen molar-refractivity contribution in [3.8, 4) is 0 Å². The summed E-state index contributed by atoms with van der Waals surface area (Å²) in [7, 11) is 0. The van der Waals surface area contributed by atoms with E-state index in [-0.39, 0.29) is 6.42 Å². The summed E-state index contributed by atoms with van der Waals surface area (Å²) >= 11 is 3.79. The Hall–Kier alpha value is -0.710. The summed E-state index contributed by atoms with van der Waals surface area (Å²) in [6.45, 7) is 1.26. The van der Waals surface area contributed by atoms with Gasteiger partial charge in [0.05, 0.1) is 6.42 Å². The van der Waals surface area contributed by atoms with Crippen molar-refractivity contribution in [3.05, 3.63) is 0 Å². The van der Waals surface area contributed by atoms with E-state index in [0.29, 0.717) is 5.75 Å². The zero-order valence-electron chi connectivity index (χ0n) is 5.59.